The van der Waals surface area contributed by atoms with Crippen LogP contribution in [0.4, 0.5) is 28.2 Å². The minimum Gasteiger partial charge on any atom is -0.410 e. The van der Waals surface area contributed by atoms with Crippen molar-refractivity contribution in [2.75, 3.05) is 25.0 Å². The molecule has 2 N–H and O–H groups in total. The van der Waals surface area contributed by atoms with Gasteiger partial charge in [-0.05, 0) is 43.0 Å². The summed E-state index contributed by atoms with van der Waals surface area (Å²) in [4.78, 5) is 29.7. The first-order valence-electron chi connectivity index (χ1n) is 11.7. The van der Waals surface area contributed by atoms with Crippen molar-refractivity contribution in [1.29, 1.82) is 0 Å². The van der Waals surface area contributed by atoms with E-state index in [1.807, 2.05) is 0 Å². The first-order chi connectivity index (χ1) is 18.2. The van der Waals surface area contributed by atoms with E-state index in [-0.39, 0.29) is 29.9 Å². The van der Waals surface area contributed by atoms with Crippen molar-refractivity contribution < 1.29 is 27.1 Å². The minimum absolute atomic E-state index is 0.00278. The number of aromatic amines is 1. The number of alkyl halides is 3. The number of nitrogens with zero attached hydrogens (tertiary/aromatic N) is 4. The molecule has 4 aromatic rings. The fourth-order valence-electron chi connectivity index (χ4n) is 4.32. The van der Waals surface area contributed by atoms with Crippen LogP contribution < -0.4 is 10.1 Å². The van der Waals surface area contributed by atoms with E-state index in [2.05, 4.69) is 25.3 Å². The molecule has 0 spiro atoms. The third-order valence-electron chi connectivity index (χ3n) is 6.18. The summed E-state index contributed by atoms with van der Waals surface area (Å²) < 4.78 is 58.6. The van der Waals surface area contributed by atoms with Crippen LogP contribution in [0.1, 0.15) is 18.4 Å². The van der Waals surface area contributed by atoms with Crippen LogP contribution in [0.25, 0.3) is 22.4 Å². The largest absolute Gasteiger partial charge is 0.416 e. The smallest absolute Gasteiger partial charge is 0.410 e. The third-order valence-corrected chi connectivity index (χ3v) is 6.39. The number of pyridine rings is 1. The number of benzene rings is 1. The second kappa shape index (κ2) is 10.4. The molecule has 198 valence electrons. The van der Waals surface area contributed by atoms with E-state index in [1.165, 1.54) is 23.2 Å². The summed E-state index contributed by atoms with van der Waals surface area (Å²) in [7, 11) is 0. The molecule has 1 atom stereocenters. The first kappa shape index (κ1) is 25.7. The molecule has 1 aliphatic heterocycles. The van der Waals surface area contributed by atoms with Crippen LogP contribution in [0, 0.1) is 11.7 Å². The normalized spacial score (nSPS) is 16.0. The summed E-state index contributed by atoms with van der Waals surface area (Å²) in [5.74, 6) is -0.607. The minimum atomic E-state index is -4.54. The molecule has 3 aromatic heterocycles. The van der Waals surface area contributed by atoms with Crippen LogP contribution in [-0.4, -0.2) is 50.6 Å². The van der Waals surface area contributed by atoms with Gasteiger partial charge in [-0.3, -0.25) is 0 Å². The van der Waals surface area contributed by atoms with E-state index in [9.17, 15) is 22.4 Å². The predicted octanol–water partition coefficient (Wildman–Crippen LogP) is 6.15. The Morgan fingerprint density at radius 1 is 1.24 bits per heavy atom. The fraction of sp³-hybridized carbons (Fsp3) is 0.280. The summed E-state index contributed by atoms with van der Waals surface area (Å²) in [6.45, 7) is 0.996. The van der Waals surface area contributed by atoms with E-state index >= 15 is 0 Å². The van der Waals surface area contributed by atoms with Gasteiger partial charge in [-0.15, -0.1) is 0 Å². The Bertz CT molecular complexity index is 1480. The van der Waals surface area contributed by atoms with E-state index in [1.54, 1.807) is 12.3 Å². The molecule has 1 aromatic carbocycles. The van der Waals surface area contributed by atoms with Gasteiger partial charge in [-0.25, -0.2) is 24.1 Å². The topological polar surface area (TPSA) is 96.0 Å². The molecule has 1 saturated heterocycles. The summed E-state index contributed by atoms with van der Waals surface area (Å²) in [6, 6.07) is 5.88. The molecular weight excluding hydrogens is 528 g/mol. The number of fused-ring (bicyclic) bond motifs is 1. The van der Waals surface area contributed by atoms with Gasteiger partial charge < -0.3 is 19.9 Å². The zero-order valence-corrected chi connectivity index (χ0v) is 20.5. The lowest BCUT2D eigenvalue weighted by Crippen LogP contribution is -2.43. The number of amides is 1. The quantitative estimate of drug-likeness (QED) is 0.290. The van der Waals surface area contributed by atoms with Gasteiger partial charge in [0.2, 0.25) is 0 Å². The molecule has 0 aliphatic carbocycles. The molecule has 13 heteroatoms. The molecule has 0 saturated carbocycles. The zero-order chi connectivity index (χ0) is 26.9. The van der Waals surface area contributed by atoms with E-state index in [0.717, 1.165) is 24.8 Å². The van der Waals surface area contributed by atoms with Crippen molar-refractivity contribution in [1.82, 2.24) is 24.8 Å². The average molecular weight is 549 g/mol. The lowest BCUT2D eigenvalue weighted by atomic mass is 9.98. The molecule has 1 unspecified atom stereocenters. The van der Waals surface area contributed by atoms with Crippen molar-refractivity contribution in [3.8, 4) is 17.1 Å². The molecule has 8 nitrogen and oxygen atoms in total. The zero-order valence-electron chi connectivity index (χ0n) is 19.7. The predicted molar refractivity (Wildman–Crippen MR) is 132 cm³/mol. The van der Waals surface area contributed by atoms with Crippen molar-refractivity contribution in [3.05, 3.63) is 65.3 Å². The molecule has 38 heavy (non-hydrogen) atoms. The average Bonchev–Trinajstić information content (AvgIpc) is 3.31. The van der Waals surface area contributed by atoms with Crippen LogP contribution in [0.5, 0.6) is 5.75 Å². The maximum absolute atomic E-state index is 14.5. The van der Waals surface area contributed by atoms with Crippen LogP contribution in [0.15, 0.2) is 48.9 Å². The molecule has 5 rings (SSSR count). The number of carbonyl (C=O) groups excluding carboxylic acids is 1. The van der Waals surface area contributed by atoms with Gasteiger partial charge in [0.25, 0.3) is 0 Å². The number of likely N-dealkylation sites (tertiary alicyclic amines) is 1. The number of piperidine rings is 1. The lowest BCUT2D eigenvalue weighted by Gasteiger charge is -2.32. The number of nitrogens with one attached hydrogen (secondary N) is 2. The number of halogens is 5. The van der Waals surface area contributed by atoms with Gasteiger partial charge in [0, 0.05) is 43.0 Å². The lowest BCUT2D eigenvalue weighted by molar-refractivity contribution is -0.137. The number of rotatable bonds is 5. The standard InChI is InChI=1S/C25H21ClF4N6O2/c26-16-8-18-19(11-33-21(18)32-10-16)22-34-12-20(27)23(35-22)31-9-14-3-2-6-36(13-14)24(37)38-17-5-1-4-15(7-17)25(28,29)30/h1,4-5,7-8,10-12,14H,2-3,6,9,13H2,(H,32,33)(H,31,34,35). The molecule has 1 aliphatic rings. The Morgan fingerprint density at radius 3 is 2.89 bits per heavy atom. The highest BCUT2D eigenvalue weighted by Crippen LogP contribution is 2.32. The van der Waals surface area contributed by atoms with Gasteiger partial charge in [0.1, 0.15) is 11.4 Å². The highest BCUT2D eigenvalue weighted by Gasteiger charge is 2.31. The highest BCUT2D eigenvalue weighted by molar-refractivity contribution is 6.31. The Balaban J connectivity index is 1.23. The van der Waals surface area contributed by atoms with E-state index in [4.69, 9.17) is 16.3 Å². The first-order valence-corrected chi connectivity index (χ1v) is 12.1. The van der Waals surface area contributed by atoms with Gasteiger partial charge in [0.05, 0.1) is 16.8 Å². The van der Waals surface area contributed by atoms with Crippen LogP contribution in [0.2, 0.25) is 5.02 Å². The van der Waals surface area contributed by atoms with E-state index in [0.29, 0.717) is 41.1 Å². The molecular formula is C25H21ClF4N6O2. The summed E-state index contributed by atoms with van der Waals surface area (Å²) in [6.07, 6.45) is 0.374. The highest BCUT2D eigenvalue weighted by atomic mass is 35.5. The number of carbonyl (C=O) groups is 1. The van der Waals surface area contributed by atoms with Crippen molar-refractivity contribution >= 4 is 34.5 Å². The molecule has 0 bridgehead atoms. The molecule has 1 amide bonds. The monoisotopic (exact) mass is 548 g/mol. The fourth-order valence-corrected chi connectivity index (χ4v) is 4.48. The van der Waals surface area contributed by atoms with E-state index < -0.39 is 23.7 Å². The number of aromatic nitrogens is 4. The van der Waals surface area contributed by atoms with Crippen molar-refractivity contribution in [2.24, 2.45) is 5.92 Å². The van der Waals surface area contributed by atoms with Crippen LogP contribution in [0.3, 0.4) is 0 Å². The Hall–Kier alpha value is -3.93. The molecule has 0 radical (unpaired) electrons. The number of H-pyrrole nitrogens is 1. The maximum Gasteiger partial charge on any atom is 0.416 e. The summed E-state index contributed by atoms with van der Waals surface area (Å²) in [5.41, 5.74) is 0.298. The Labute approximate surface area is 219 Å². The number of hydrogen-bond acceptors (Lipinski definition) is 6. The van der Waals surface area contributed by atoms with Crippen LogP contribution >= 0.6 is 11.6 Å². The Kier molecular flexibility index (Phi) is 7.06. The van der Waals surface area contributed by atoms with Gasteiger partial charge in [-0.2, -0.15) is 13.2 Å². The number of hydrogen-bond donors (Lipinski definition) is 2. The summed E-state index contributed by atoms with van der Waals surface area (Å²) >= 11 is 6.06. The van der Waals surface area contributed by atoms with Gasteiger partial charge >= 0.3 is 12.3 Å². The number of ether oxygens (including phenoxy) is 1. The Morgan fingerprint density at radius 2 is 2.08 bits per heavy atom. The summed E-state index contributed by atoms with van der Waals surface area (Å²) in [5, 5.41) is 4.13. The van der Waals surface area contributed by atoms with Gasteiger partial charge in [-0.1, -0.05) is 17.7 Å². The second-order valence-electron chi connectivity index (χ2n) is 8.87. The second-order valence-corrected chi connectivity index (χ2v) is 9.31. The SMILES string of the molecule is O=C(Oc1cccc(C(F)(F)F)c1)N1CCCC(CNc2nc(-c3c[nH]c4ncc(Cl)cc34)ncc2F)C1. The molecule has 1 fully saturated rings. The van der Waals surface area contributed by atoms with Crippen LogP contribution in [-0.2, 0) is 6.18 Å². The third kappa shape index (κ3) is 5.64. The van der Waals surface area contributed by atoms with Gasteiger partial charge in [0.15, 0.2) is 17.5 Å². The van der Waals surface area contributed by atoms with Crippen molar-refractivity contribution in [3.63, 3.8) is 0 Å². The molecule has 4 heterocycles. The number of anilines is 1. The maximum atomic E-state index is 14.5. The van der Waals surface area contributed by atoms with Crippen molar-refractivity contribution in [2.45, 2.75) is 19.0 Å².